The van der Waals surface area contributed by atoms with Crippen molar-refractivity contribution in [3.05, 3.63) is 41.7 Å². The van der Waals surface area contributed by atoms with E-state index < -0.39 is 0 Å². The van der Waals surface area contributed by atoms with E-state index in [1.165, 1.54) is 0 Å². The Morgan fingerprint density at radius 1 is 1.05 bits per heavy atom. The molecule has 0 saturated heterocycles. The molecule has 0 amide bonds. The van der Waals surface area contributed by atoms with E-state index in [0.29, 0.717) is 11.7 Å². The quantitative estimate of drug-likeness (QED) is 0.820. The molecule has 1 aromatic heterocycles. The van der Waals surface area contributed by atoms with Gasteiger partial charge in [0.25, 0.3) is 5.68 Å². The van der Waals surface area contributed by atoms with Crippen molar-refractivity contribution in [2.75, 3.05) is 0 Å². The summed E-state index contributed by atoms with van der Waals surface area (Å²) < 4.78 is 8.16. The summed E-state index contributed by atoms with van der Waals surface area (Å²) in [6, 6.07) is 10.7. The molecule has 19 heavy (non-hydrogen) atoms. The third-order valence-corrected chi connectivity index (χ3v) is 3.01. The first-order valence-corrected chi connectivity index (χ1v) is 6.82. The summed E-state index contributed by atoms with van der Waals surface area (Å²) in [6.07, 6.45) is 0. The fourth-order valence-corrected chi connectivity index (χ4v) is 2.24. The second kappa shape index (κ2) is 5.47. The van der Waals surface area contributed by atoms with Gasteiger partial charge < -0.3 is 4.42 Å². The number of oxazole rings is 1. The van der Waals surface area contributed by atoms with Gasteiger partial charge in [0.15, 0.2) is 5.76 Å². The maximum absolute atomic E-state index is 6.00. The van der Waals surface area contributed by atoms with Crippen LogP contribution < -0.4 is 5.68 Å². The van der Waals surface area contributed by atoms with Gasteiger partial charge in [-0.15, -0.1) is 0 Å². The number of rotatable bonds is 3. The molecule has 0 bridgehead atoms. The number of aromatic nitrogens is 1. The van der Waals surface area contributed by atoms with Crippen LogP contribution >= 0.6 is 0 Å². The first kappa shape index (κ1) is 13.7. The van der Waals surface area contributed by atoms with Crippen LogP contribution in [0, 0.1) is 6.92 Å². The average Bonchev–Trinajstić information content (AvgIpc) is 2.66. The predicted molar refractivity (Wildman–Crippen MR) is 78.0 cm³/mol. The molecule has 0 radical (unpaired) electrons. The standard InChI is InChI=1S/C16H22N2O/c1-11(2)17-16-18(12(3)4)13(5)15(19-16)14-9-7-6-8-10-14/h6-12H,1-5H3. The van der Waals surface area contributed by atoms with Gasteiger partial charge in [0.1, 0.15) is 0 Å². The average molecular weight is 258 g/mol. The zero-order valence-corrected chi connectivity index (χ0v) is 12.3. The molecule has 0 unspecified atom stereocenters. The molecule has 0 aliphatic carbocycles. The molecule has 3 nitrogen and oxygen atoms in total. The van der Waals surface area contributed by atoms with Gasteiger partial charge in [-0.05, 0) is 34.6 Å². The Labute approximate surface area is 114 Å². The molecule has 0 atom stereocenters. The lowest BCUT2D eigenvalue weighted by Gasteiger charge is -2.08. The molecule has 0 spiro atoms. The molecule has 1 aromatic carbocycles. The second-order valence-corrected chi connectivity index (χ2v) is 5.35. The third-order valence-electron chi connectivity index (χ3n) is 3.01. The summed E-state index contributed by atoms with van der Waals surface area (Å²) >= 11 is 0. The van der Waals surface area contributed by atoms with Crippen LogP contribution in [0.5, 0.6) is 0 Å². The Bertz CT molecular complexity index is 603. The summed E-state index contributed by atoms with van der Waals surface area (Å²) in [4.78, 5) is 4.58. The monoisotopic (exact) mass is 258 g/mol. The van der Waals surface area contributed by atoms with Crippen molar-refractivity contribution in [1.82, 2.24) is 4.57 Å². The summed E-state index contributed by atoms with van der Waals surface area (Å²) in [5.74, 6) is 0.911. The lowest BCUT2D eigenvalue weighted by molar-refractivity contribution is 0.431. The topological polar surface area (TPSA) is 30.4 Å². The van der Waals surface area contributed by atoms with Crippen LogP contribution in [0.3, 0.4) is 0 Å². The minimum absolute atomic E-state index is 0.221. The minimum Gasteiger partial charge on any atom is -0.423 e. The zero-order valence-electron chi connectivity index (χ0n) is 12.3. The van der Waals surface area contributed by atoms with E-state index in [4.69, 9.17) is 4.42 Å². The maximum Gasteiger partial charge on any atom is 0.297 e. The molecule has 0 saturated carbocycles. The Hall–Kier alpha value is -1.77. The van der Waals surface area contributed by atoms with Crippen LogP contribution in [-0.4, -0.2) is 10.6 Å². The molecular weight excluding hydrogens is 236 g/mol. The number of hydrogen-bond acceptors (Lipinski definition) is 2. The highest BCUT2D eigenvalue weighted by Crippen LogP contribution is 2.23. The summed E-state index contributed by atoms with van der Waals surface area (Å²) in [6.45, 7) is 10.5. The van der Waals surface area contributed by atoms with Crippen molar-refractivity contribution >= 4 is 0 Å². The number of hydrogen-bond donors (Lipinski definition) is 0. The zero-order chi connectivity index (χ0) is 14.0. The Morgan fingerprint density at radius 2 is 1.68 bits per heavy atom. The highest BCUT2D eigenvalue weighted by atomic mass is 16.4. The Kier molecular flexibility index (Phi) is 3.93. The highest BCUT2D eigenvalue weighted by molar-refractivity contribution is 5.59. The van der Waals surface area contributed by atoms with Gasteiger partial charge in [0.05, 0.1) is 5.69 Å². The summed E-state index contributed by atoms with van der Waals surface area (Å²) in [5, 5.41) is 0. The van der Waals surface area contributed by atoms with E-state index in [1.54, 1.807) is 0 Å². The maximum atomic E-state index is 6.00. The number of benzene rings is 1. The largest absolute Gasteiger partial charge is 0.423 e. The van der Waals surface area contributed by atoms with Crippen molar-refractivity contribution in [1.29, 1.82) is 0 Å². The van der Waals surface area contributed by atoms with Crippen LogP contribution in [0.4, 0.5) is 0 Å². The molecule has 0 fully saturated rings. The molecule has 3 heteroatoms. The van der Waals surface area contributed by atoms with Crippen molar-refractivity contribution in [3.8, 4) is 11.3 Å². The fourth-order valence-electron chi connectivity index (χ4n) is 2.24. The van der Waals surface area contributed by atoms with Crippen molar-refractivity contribution in [3.63, 3.8) is 0 Å². The van der Waals surface area contributed by atoms with Crippen molar-refractivity contribution < 1.29 is 4.42 Å². The fraction of sp³-hybridized carbons (Fsp3) is 0.438. The highest BCUT2D eigenvalue weighted by Gasteiger charge is 2.15. The van der Waals surface area contributed by atoms with Gasteiger partial charge in [-0.25, -0.2) is 4.99 Å². The van der Waals surface area contributed by atoms with E-state index in [2.05, 4.69) is 56.3 Å². The first-order chi connectivity index (χ1) is 9.00. The molecule has 2 rings (SSSR count). The second-order valence-electron chi connectivity index (χ2n) is 5.35. The normalized spacial score (nSPS) is 12.7. The molecular formula is C16H22N2O. The Balaban J connectivity index is 2.66. The van der Waals surface area contributed by atoms with Gasteiger partial charge in [-0.1, -0.05) is 30.3 Å². The molecule has 0 aliphatic heterocycles. The van der Waals surface area contributed by atoms with E-state index in [-0.39, 0.29) is 6.04 Å². The molecule has 0 N–H and O–H groups in total. The van der Waals surface area contributed by atoms with E-state index in [9.17, 15) is 0 Å². The molecule has 2 aromatic rings. The minimum atomic E-state index is 0.221. The van der Waals surface area contributed by atoms with Gasteiger partial charge in [0.2, 0.25) is 0 Å². The summed E-state index contributed by atoms with van der Waals surface area (Å²) in [5.41, 5.74) is 2.93. The molecule has 102 valence electrons. The van der Waals surface area contributed by atoms with E-state index in [0.717, 1.165) is 17.0 Å². The van der Waals surface area contributed by atoms with Crippen LogP contribution in [0.1, 0.15) is 39.4 Å². The predicted octanol–water partition coefficient (Wildman–Crippen LogP) is 3.95. The summed E-state index contributed by atoms with van der Waals surface area (Å²) in [7, 11) is 0. The molecule has 1 heterocycles. The molecule has 0 aliphatic rings. The van der Waals surface area contributed by atoms with Gasteiger partial charge in [-0.2, -0.15) is 0 Å². The number of nitrogens with zero attached hydrogens (tertiary/aromatic N) is 2. The third kappa shape index (κ3) is 2.80. The Morgan fingerprint density at radius 3 is 2.21 bits per heavy atom. The smallest absolute Gasteiger partial charge is 0.297 e. The van der Waals surface area contributed by atoms with Gasteiger partial charge >= 0.3 is 0 Å². The van der Waals surface area contributed by atoms with E-state index >= 15 is 0 Å². The van der Waals surface area contributed by atoms with Crippen LogP contribution in [-0.2, 0) is 0 Å². The SMILES string of the molecule is Cc1c(-c2ccccc2)oc(=NC(C)C)n1C(C)C. The van der Waals surface area contributed by atoms with Crippen molar-refractivity contribution in [2.24, 2.45) is 4.99 Å². The van der Waals surface area contributed by atoms with Gasteiger partial charge in [-0.3, -0.25) is 4.57 Å². The van der Waals surface area contributed by atoms with Crippen LogP contribution in [0.2, 0.25) is 0 Å². The van der Waals surface area contributed by atoms with Crippen LogP contribution in [0.15, 0.2) is 39.7 Å². The first-order valence-electron chi connectivity index (χ1n) is 6.82. The lowest BCUT2D eigenvalue weighted by atomic mass is 10.1. The lowest BCUT2D eigenvalue weighted by Crippen LogP contribution is -2.21. The van der Waals surface area contributed by atoms with Crippen LogP contribution in [0.25, 0.3) is 11.3 Å². The van der Waals surface area contributed by atoms with Crippen molar-refractivity contribution in [2.45, 2.75) is 46.7 Å². The van der Waals surface area contributed by atoms with Gasteiger partial charge in [0, 0.05) is 17.6 Å². The van der Waals surface area contributed by atoms with E-state index in [1.807, 2.05) is 18.2 Å².